The molecular formula is C25H22N2O5. The van der Waals surface area contributed by atoms with Crippen LogP contribution >= 0.6 is 0 Å². The molecule has 0 radical (unpaired) electrons. The first-order chi connectivity index (χ1) is 15.6. The van der Waals surface area contributed by atoms with Crippen LogP contribution in [0.1, 0.15) is 0 Å². The largest absolute Gasteiger partial charge is 0.492 e. The van der Waals surface area contributed by atoms with Gasteiger partial charge in [-0.25, -0.2) is 0 Å². The summed E-state index contributed by atoms with van der Waals surface area (Å²) in [7, 11) is 0. The van der Waals surface area contributed by atoms with E-state index in [1.807, 2.05) is 42.5 Å². The van der Waals surface area contributed by atoms with Crippen molar-refractivity contribution in [1.29, 1.82) is 0 Å². The van der Waals surface area contributed by atoms with Gasteiger partial charge in [0.15, 0.2) is 12.0 Å². The predicted molar refractivity (Wildman–Crippen MR) is 122 cm³/mol. The molecule has 0 aliphatic heterocycles. The Labute approximate surface area is 184 Å². The van der Waals surface area contributed by atoms with Crippen LogP contribution < -0.4 is 15.5 Å². The summed E-state index contributed by atoms with van der Waals surface area (Å²) in [5.74, 6) is -0.266. The van der Waals surface area contributed by atoms with Gasteiger partial charge in [-0.15, -0.1) is 0 Å². The molecule has 3 aromatic carbocycles. The number of aromatic nitrogens is 1. The summed E-state index contributed by atoms with van der Waals surface area (Å²) in [6.45, 7) is 0.0886. The second-order valence-electron chi connectivity index (χ2n) is 7.12. The van der Waals surface area contributed by atoms with E-state index in [1.54, 1.807) is 41.0 Å². The molecule has 4 rings (SSSR count). The number of nitrogens with zero attached hydrogens (tertiary/aromatic N) is 1. The first-order valence-corrected chi connectivity index (χ1v) is 10.2. The molecule has 0 saturated carbocycles. The lowest BCUT2D eigenvalue weighted by Gasteiger charge is -2.14. The van der Waals surface area contributed by atoms with Crippen molar-refractivity contribution in [3.8, 4) is 5.75 Å². The Bertz CT molecular complexity index is 1250. The summed E-state index contributed by atoms with van der Waals surface area (Å²) < 4.78 is 12.4. The molecule has 0 spiro atoms. The second kappa shape index (κ2) is 9.78. The minimum Gasteiger partial charge on any atom is -0.492 e. The highest BCUT2D eigenvalue weighted by molar-refractivity contribution is 5.94. The molecule has 1 N–H and O–H groups in total. The average molecular weight is 430 g/mol. The SMILES string of the molecule is O=C(COC(=O)Cn1c2ccccc2c(=O)c2ccccc21)NCCOc1ccccc1. The third kappa shape index (κ3) is 4.78. The number of hydrogen-bond acceptors (Lipinski definition) is 5. The molecule has 0 unspecified atom stereocenters. The standard InChI is InChI=1S/C25H22N2O5/c28-23(26-14-15-31-18-8-2-1-3-9-18)17-32-24(29)16-27-21-12-6-4-10-19(21)25(30)20-11-5-7-13-22(20)27/h1-13H,14-17H2,(H,26,28). The van der Waals surface area contributed by atoms with Crippen LogP contribution in [-0.4, -0.2) is 36.2 Å². The van der Waals surface area contributed by atoms with E-state index in [9.17, 15) is 14.4 Å². The molecule has 0 aliphatic carbocycles. The highest BCUT2D eigenvalue weighted by Gasteiger charge is 2.14. The number of esters is 1. The van der Waals surface area contributed by atoms with Crippen molar-refractivity contribution in [2.24, 2.45) is 0 Å². The summed E-state index contributed by atoms with van der Waals surface area (Å²) in [5.41, 5.74) is 1.18. The van der Waals surface area contributed by atoms with E-state index >= 15 is 0 Å². The molecule has 0 aliphatic rings. The van der Waals surface area contributed by atoms with Crippen LogP contribution in [0.4, 0.5) is 0 Å². The van der Waals surface area contributed by atoms with Crippen LogP contribution in [0, 0.1) is 0 Å². The molecule has 4 aromatic rings. The zero-order valence-electron chi connectivity index (χ0n) is 17.3. The molecule has 1 heterocycles. The molecule has 0 saturated heterocycles. The smallest absolute Gasteiger partial charge is 0.326 e. The fourth-order valence-corrected chi connectivity index (χ4v) is 3.50. The lowest BCUT2D eigenvalue weighted by atomic mass is 10.1. The van der Waals surface area contributed by atoms with E-state index < -0.39 is 11.9 Å². The number of carbonyl (C=O) groups excluding carboxylic acids is 2. The molecule has 7 nitrogen and oxygen atoms in total. The van der Waals surface area contributed by atoms with Gasteiger partial charge in [0.2, 0.25) is 0 Å². The molecular weight excluding hydrogens is 408 g/mol. The zero-order valence-corrected chi connectivity index (χ0v) is 17.3. The summed E-state index contributed by atoms with van der Waals surface area (Å²) in [6.07, 6.45) is 0. The topological polar surface area (TPSA) is 86.6 Å². The number of benzene rings is 3. The molecule has 0 bridgehead atoms. The maximum atomic E-state index is 12.8. The first-order valence-electron chi connectivity index (χ1n) is 10.2. The van der Waals surface area contributed by atoms with Crippen LogP contribution in [-0.2, 0) is 20.9 Å². The summed E-state index contributed by atoms with van der Waals surface area (Å²) >= 11 is 0. The van der Waals surface area contributed by atoms with Crippen molar-refractivity contribution in [3.63, 3.8) is 0 Å². The molecule has 7 heteroatoms. The number of fused-ring (bicyclic) bond motifs is 2. The average Bonchev–Trinajstić information content (AvgIpc) is 2.84. The van der Waals surface area contributed by atoms with E-state index in [0.717, 1.165) is 0 Å². The van der Waals surface area contributed by atoms with E-state index in [-0.39, 0.29) is 18.6 Å². The van der Waals surface area contributed by atoms with Crippen LogP contribution in [0.5, 0.6) is 5.75 Å². The normalized spacial score (nSPS) is 10.8. The fraction of sp³-hybridized carbons (Fsp3) is 0.160. The molecule has 162 valence electrons. The van der Waals surface area contributed by atoms with Crippen LogP contribution in [0.2, 0.25) is 0 Å². The number of hydrogen-bond donors (Lipinski definition) is 1. The number of ether oxygens (including phenoxy) is 2. The molecule has 1 amide bonds. The van der Waals surface area contributed by atoms with Gasteiger partial charge in [0.05, 0.1) is 17.6 Å². The Morgan fingerprint density at radius 3 is 2.06 bits per heavy atom. The van der Waals surface area contributed by atoms with Crippen molar-refractivity contribution >= 4 is 33.7 Å². The molecule has 1 aromatic heterocycles. The Balaban J connectivity index is 1.36. The quantitative estimate of drug-likeness (QED) is 0.264. The van der Waals surface area contributed by atoms with Gasteiger partial charge in [-0.05, 0) is 36.4 Å². The maximum absolute atomic E-state index is 12.8. The maximum Gasteiger partial charge on any atom is 0.326 e. The number of carbonyl (C=O) groups is 2. The molecule has 32 heavy (non-hydrogen) atoms. The van der Waals surface area contributed by atoms with Crippen LogP contribution in [0.25, 0.3) is 21.8 Å². The van der Waals surface area contributed by atoms with Gasteiger partial charge < -0.3 is 19.4 Å². The van der Waals surface area contributed by atoms with Crippen molar-refractivity contribution in [2.75, 3.05) is 19.8 Å². The highest BCUT2D eigenvalue weighted by atomic mass is 16.5. The Morgan fingerprint density at radius 2 is 1.41 bits per heavy atom. The van der Waals surface area contributed by atoms with Gasteiger partial charge in [-0.1, -0.05) is 42.5 Å². The van der Waals surface area contributed by atoms with E-state index in [1.165, 1.54) is 0 Å². The lowest BCUT2D eigenvalue weighted by molar-refractivity contribution is -0.149. The van der Waals surface area contributed by atoms with Crippen molar-refractivity contribution in [2.45, 2.75) is 6.54 Å². The fourth-order valence-electron chi connectivity index (χ4n) is 3.50. The number of para-hydroxylation sites is 3. The molecule has 0 fully saturated rings. The molecule has 0 atom stereocenters. The van der Waals surface area contributed by atoms with Crippen molar-refractivity contribution in [1.82, 2.24) is 9.88 Å². The van der Waals surface area contributed by atoms with Gasteiger partial charge >= 0.3 is 5.97 Å². The highest BCUT2D eigenvalue weighted by Crippen LogP contribution is 2.19. The number of pyridine rings is 1. The third-order valence-corrected chi connectivity index (χ3v) is 4.97. The lowest BCUT2D eigenvalue weighted by Crippen LogP contribution is -2.32. The van der Waals surface area contributed by atoms with Gasteiger partial charge in [0.1, 0.15) is 18.9 Å². The van der Waals surface area contributed by atoms with Crippen LogP contribution in [0.15, 0.2) is 83.7 Å². The van der Waals surface area contributed by atoms with E-state index in [4.69, 9.17) is 9.47 Å². The minimum absolute atomic E-state index is 0.0853. The Morgan fingerprint density at radius 1 is 0.812 bits per heavy atom. The number of nitrogens with one attached hydrogen (secondary N) is 1. The summed E-state index contributed by atoms with van der Waals surface area (Å²) in [4.78, 5) is 37.2. The Hall–Kier alpha value is -4.13. The van der Waals surface area contributed by atoms with Gasteiger partial charge in [0, 0.05) is 10.8 Å². The predicted octanol–water partition coefficient (Wildman–Crippen LogP) is 2.89. The number of amides is 1. The second-order valence-corrected chi connectivity index (χ2v) is 7.12. The Kier molecular flexibility index (Phi) is 6.46. The van der Waals surface area contributed by atoms with Gasteiger partial charge in [-0.2, -0.15) is 0 Å². The van der Waals surface area contributed by atoms with Crippen molar-refractivity contribution in [3.05, 3.63) is 89.1 Å². The number of rotatable bonds is 8. The van der Waals surface area contributed by atoms with E-state index in [0.29, 0.717) is 40.7 Å². The van der Waals surface area contributed by atoms with Gasteiger partial charge in [-0.3, -0.25) is 14.4 Å². The van der Waals surface area contributed by atoms with Crippen molar-refractivity contribution < 1.29 is 19.1 Å². The third-order valence-electron chi connectivity index (χ3n) is 4.97. The van der Waals surface area contributed by atoms with E-state index in [2.05, 4.69) is 5.32 Å². The van der Waals surface area contributed by atoms with Crippen LogP contribution in [0.3, 0.4) is 0 Å². The zero-order chi connectivity index (χ0) is 22.3. The minimum atomic E-state index is -0.570. The van der Waals surface area contributed by atoms with Gasteiger partial charge in [0.25, 0.3) is 5.91 Å². The monoisotopic (exact) mass is 430 g/mol. The first kappa shape index (κ1) is 21.1. The summed E-state index contributed by atoms with van der Waals surface area (Å²) in [5, 5.41) is 3.70. The summed E-state index contributed by atoms with van der Waals surface area (Å²) in [6, 6.07) is 23.5.